The number of urea groups is 1. The highest BCUT2D eigenvalue weighted by Gasteiger charge is 2.22. The molecule has 1 atom stereocenters. The molecule has 6 nitrogen and oxygen atoms in total. The van der Waals surface area contributed by atoms with Crippen LogP contribution in [0.3, 0.4) is 0 Å². The summed E-state index contributed by atoms with van der Waals surface area (Å²) in [6.45, 7) is 1.65. The number of anilines is 2. The standard InChI is InChI=1S/C23H22ClFN4O2S/c24-15-9-7-14(8-10-15)20-12-19(29-23(31)28-18-6-2-1-5-17(18)25)21(32-20)22(30)27-16-4-3-11-26-13-16/h1-2,5-10,12,16,26H,3-4,11,13H2,(H,27,30)(H2,28,29,31)/t16-/m0/s1. The molecule has 4 N–H and O–H groups in total. The molecule has 0 bridgehead atoms. The summed E-state index contributed by atoms with van der Waals surface area (Å²) in [4.78, 5) is 26.8. The molecule has 0 unspecified atom stereocenters. The Balaban J connectivity index is 1.58. The quantitative estimate of drug-likeness (QED) is 0.405. The van der Waals surface area contributed by atoms with Gasteiger partial charge in [-0.3, -0.25) is 4.79 Å². The summed E-state index contributed by atoms with van der Waals surface area (Å²) in [6.07, 6.45) is 1.88. The number of halogens is 2. The normalized spacial score (nSPS) is 15.8. The number of nitrogens with one attached hydrogen (secondary N) is 4. The van der Waals surface area contributed by atoms with Gasteiger partial charge >= 0.3 is 6.03 Å². The van der Waals surface area contributed by atoms with Crippen molar-refractivity contribution in [1.82, 2.24) is 10.6 Å². The zero-order chi connectivity index (χ0) is 22.5. The molecule has 2 aromatic carbocycles. The van der Waals surface area contributed by atoms with Crippen molar-refractivity contribution in [3.8, 4) is 10.4 Å². The van der Waals surface area contributed by atoms with Gasteiger partial charge in [-0.1, -0.05) is 35.9 Å². The van der Waals surface area contributed by atoms with E-state index in [2.05, 4.69) is 21.3 Å². The highest BCUT2D eigenvalue weighted by Crippen LogP contribution is 2.35. The van der Waals surface area contributed by atoms with Gasteiger partial charge in [0.2, 0.25) is 0 Å². The Bertz CT molecular complexity index is 1110. The molecule has 3 aromatic rings. The fourth-order valence-corrected chi connectivity index (χ4v) is 4.62. The van der Waals surface area contributed by atoms with Crippen LogP contribution in [0.4, 0.5) is 20.6 Å². The van der Waals surface area contributed by atoms with E-state index in [-0.39, 0.29) is 17.6 Å². The highest BCUT2D eigenvalue weighted by molar-refractivity contribution is 7.18. The maximum atomic E-state index is 13.9. The smallest absolute Gasteiger partial charge is 0.323 e. The summed E-state index contributed by atoms with van der Waals surface area (Å²) in [5.41, 5.74) is 1.28. The topological polar surface area (TPSA) is 82.3 Å². The number of benzene rings is 2. The van der Waals surface area contributed by atoms with Gasteiger partial charge in [0.25, 0.3) is 5.91 Å². The Kier molecular flexibility index (Phi) is 7.04. The second-order valence-corrected chi connectivity index (χ2v) is 8.92. The number of rotatable bonds is 5. The van der Waals surface area contributed by atoms with Gasteiger partial charge < -0.3 is 21.3 Å². The van der Waals surface area contributed by atoms with E-state index in [0.717, 1.165) is 29.8 Å². The lowest BCUT2D eigenvalue weighted by molar-refractivity contribution is 0.0935. The lowest BCUT2D eigenvalue weighted by atomic mass is 10.1. The number of para-hydroxylation sites is 1. The Labute approximate surface area is 194 Å². The first kappa shape index (κ1) is 22.3. The fourth-order valence-electron chi connectivity index (χ4n) is 3.47. The lowest BCUT2D eigenvalue weighted by Gasteiger charge is -2.23. The molecule has 1 saturated heterocycles. The summed E-state index contributed by atoms with van der Waals surface area (Å²) in [7, 11) is 0. The van der Waals surface area contributed by atoms with Crippen LogP contribution < -0.4 is 21.3 Å². The molecule has 1 aromatic heterocycles. The molecular weight excluding hydrogens is 451 g/mol. The van der Waals surface area contributed by atoms with Crippen molar-refractivity contribution in [1.29, 1.82) is 0 Å². The first-order valence-electron chi connectivity index (χ1n) is 10.2. The van der Waals surface area contributed by atoms with Crippen molar-refractivity contribution >= 4 is 46.3 Å². The number of hydrogen-bond acceptors (Lipinski definition) is 4. The average Bonchev–Trinajstić information content (AvgIpc) is 3.20. The predicted molar refractivity (Wildman–Crippen MR) is 127 cm³/mol. The minimum atomic E-state index is -0.635. The molecule has 32 heavy (non-hydrogen) atoms. The highest BCUT2D eigenvalue weighted by atomic mass is 35.5. The Morgan fingerprint density at radius 2 is 1.81 bits per heavy atom. The molecule has 1 aliphatic heterocycles. The average molecular weight is 473 g/mol. The molecule has 1 aliphatic rings. The fraction of sp³-hybridized carbons (Fsp3) is 0.217. The molecular formula is C23H22ClFN4O2S. The van der Waals surface area contributed by atoms with E-state index in [9.17, 15) is 14.0 Å². The van der Waals surface area contributed by atoms with Crippen molar-refractivity contribution in [3.05, 3.63) is 70.3 Å². The van der Waals surface area contributed by atoms with Gasteiger partial charge in [0, 0.05) is 22.5 Å². The molecule has 1 fully saturated rings. The largest absolute Gasteiger partial charge is 0.347 e. The van der Waals surface area contributed by atoms with Crippen molar-refractivity contribution in [2.45, 2.75) is 18.9 Å². The second kappa shape index (κ2) is 10.1. The number of thiophene rings is 1. The third kappa shape index (κ3) is 5.45. The summed E-state index contributed by atoms with van der Waals surface area (Å²) in [6, 6.07) is 14.3. The van der Waals surface area contributed by atoms with Crippen LogP contribution in [-0.4, -0.2) is 31.1 Å². The first-order chi connectivity index (χ1) is 15.5. The number of carbonyl (C=O) groups excluding carboxylic acids is 2. The van der Waals surface area contributed by atoms with Crippen LogP contribution >= 0.6 is 22.9 Å². The van der Waals surface area contributed by atoms with E-state index in [1.807, 2.05) is 12.1 Å². The molecule has 0 aliphatic carbocycles. The maximum Gasteiger partial charge on any atom is 0.323 e. The zero-order valence-electron chi connectivity index (χ0n) is 17.1. The second-order valence-electron chi connectivity index (χ2n) is 7.44. The summed E-state index contributed by atoms with van der Waals surface area (Å²) in [5, 5.41) is 12.1. The molecule has 3 amide bonds. The molecule has 0 radical (unpaired) electrons. The van der Waals surface area contributed by atoms with Crippen molar-refractivity contribution in [2.75, 3.05) is 23.7 Å². The van der Waals surface area contributed by atoms with E-state index >= 15 is 0 Å². The van der Waals surface area contributed by atoms with Gasteiger partial charge in [0.15, 0.2) is 0 Å². The van der Waals surface area contributed by atoms with Gasteiger partial charge in [-0.25, -0.2) is 9.18 Å². The monoisotopic (exact) mass is 472 g/mol. The number of carbonyl (C=O) groups is 2. The molecule has 2 heterocycles. The molecule has 0 spiro atoms. The molecule has 166 valence electrons. The Morgan fingerprint density at radius 3 is 2.53 bits per heavy atom. The van der Waals surface area contributed by atoms with Crippen LogP contribution in [0.5, 0.6) is 0 Å². The van der Waals surface area contributed by atoms with E-state index < -0.39 is 11.8 Å². The van der Waals surface area contributed by atoms with Crippen molar-refractivity contribution in [3.63, 3.8) is 0 Å². The Hall–Kier alpha value is -2.94. The van der Waals surface area contributed by atoms with Gasteiger partial charge in [-0.2, -0.15) is 0 Å². The van der Waals surface area contributed by atoms with Crippen molar-refractivity contribution < 1.29 is 14.0 Å². The minimum absolute atomic E-state index is 0.0254. The predicted octanol–water partition coefficient (Wildman–Crippen LogP) is 5.33. The number of hydrogen-bond donors (Lipinski definition) is 4. The van der Waals surface area contributed by atoms with E-state index in [1.54, 1.807) is 24.3 Å². The van der Waals surface area contributed by atoms with Gasteiger partial charge in [0.1, 0.15) is 10.7 Å². The summed E-state index contributed by atoms with van der Waals surface area (Å²) in [5.74, 6) is -0.803. The maximum absolute atomic E-state index is 13.9. The summed E-state index contributed by atoms with van der Waals surface area (Å²) < 4.78 is 13.9. The number of piperidine rings is 1. The molecule has 9 heteroatoms. The minimum Gasteiger partial charge on any atom is -0.347 e. The van der Waals surface area contributed by atoms with E-state index in [0.29, 0.717) is 22.1 Å². The van der Waals surface area contributed by atoms with Crippen molar-refractivity contribution in [2.24, 2.45) is 0 Å². The zero-order valence-corrected chi connectivity index (χ0v) is 18.7. The van der Waals surface area contributed by atoms with Crippen LogP contribution in [0.1, 0.15) is 22.5 Å². The first-order valence-corrected chi connectivity index (χ1v) is 11.4. The van der Waals surface area contributed by atoms with Gasteiger partial charge in [0.05, 0.1) is 11.4 Å². The summed E-state index contributed by atoms with van der Waals surface area (Å²) >= 11 is 7.27. The lowest BCUT2D eigenvalue weighted by Crippen LogP contribution is -2.45. The van der Waals surface area contributed by atoms with Gasteiger partial charge in [-0.15, -0.1) is 11.3 Å². The third-order valence-corrected chi connectivity index (χ3v) is 6.50. The van der Waals surface area contributed by atoms with E-state index in [1.165, 1.54) is 29.5 Å². The van der Waals surface area contributed by atoms with Crippen LogP contribution in [0.2, 0.25) is 5.02 Å². The Morgan fingerprint density at radius 1 is 1.06 bits per heavy atom. The van der Waals surface area contributed by atoms with Gasteiger partial charge in [-0.05, 0) is 55.3 Å². The third-order valence-electron chi connectivity index (χ3n) is 5.07. The van der Waals surface area contributed by atoms with Crippen LogP contribution in [0.25, 0.3) is 10.4 Å². The number of amides is 3. The van der Waals surface area contributed by atoms with Crippen LogP contribution in [0.15, 0.2) is 54.6 Å². The molecule has 4 rings (SSSR count). The van der Waals surface area contributed by atoms with Crippen LogP contribution in [0, 0.1) is 5.82 Å². The molecule has 0 saturated carbocycles. The SMILES string of the molecule is O=C(Nc1ccccc1F)Nc1cc(-c2ccc(Cl)cc2)sc1C(=O)N[C@H]1CCCNC1. The van der Waals surface area contributed by atoms with E-state index in [4.69, 9.17) is 11.6 Å². The van der Waals surface area contributed by atoms with Crippen LogP contribution in [-0.2, 0) is 0 Å².